The third kappa shape index (κ3) is 4.21. The van der Waals surface area contributed by atoms with E-state index in [1.807, 2.05) is 24.3 Å². The lowest BCUT2D eigenvalue weighted by Gasteiger charge is -2.27. The van der Waals surface area contributed by atoms with Crippen molar-refractivity contribution in [2.24, 2.45) is 0 Å². The number of nitrogens with one attached hydrogen (secondary N) is 2. The van der Waals surface area contributed by atoms with E-state index in [4.69, 9.17) is 11.6 Å². The summed E-state index contributed by atoms with van der Waals surface area (Å²) in [6, 6.07) is 9.09. The Morgan fingerprint density at radius 1 is 1.35 bits per heavy atom. The standard InChI is InChI=1S/C14H21ClN2/c1-11(10-14-4-2-3-9-16-14)17-13-7-5-12(15)6-8-13/h5-8,11,14,16-17H,2-4,9-10H2,1H3. The van der Waals surface area contributed by atoms with Crippen LogP contribution in [-0.2, 0) is 0 Å². The van der Waals surface area contributed by atoms with E-state index in [-0.39, 0.29) is 0 Å². The minimum atomic E-state index is 0.492. The smallest absolute Gasteiger partial charge is 0.0407 e. The second kappa shape index (κ2) is 6.27. The molecule has 1 saturated heterocycles. The third-order valence-corrected chi connectivity index (χ3v) is 3.56. The molecular weight excluding hydrogens is 232 g/mol. The molecular formula is C14H21ClN2. The monoisotopic (exact) mass is 252 g/mol. The molecule has 2 N–H and O–H groups in total. The van der Waals surface area contributed by atoms with E-state index in [2.05, 4.69) is 17.6 Å². The Morgan fingerprint density at radius 2 is 2.12 bits per heavy atom. The Labute approximate surface area is 109 Å². The van der Waals surface area contributed by atoms with Gasteiger partial charge in [0.1, 0.15) is 0 Å². The molecule has 0 amide bonds. The summed E-state index contributed by atoms with van der Waals surface area (Å²) in [6.45, 7) is 3.42. The maximum Gasteiger partial charge on any atom is 0.0407 e. The molecule has 17 heavy (non-hydrogen) atoms. The zero-order valence-electron chi connectivity index (χ0n) is 10.4. The molecule has 0 saturated carbocycles. The molecule has 0 aromatic heterocycles. The summed E-state index contributed by atoms with van der Waals surface area (Å²) in [5.41, 5.74) is 1.15. The predicted octanol–water partition coefficient (Wildman–Crippen LogP) is 3.67. The molecule has 0 radical (unpaired) electrons. The Bertz CT molecular complexity index is 331. The summed E-state index contributed by atoms with van der Waals surface area (Å²) in [5, 5.41) is 7.89. The number of piperidine rings is 1. The lowest BCUT2D eigenvalue weighted by atomic mass is 9.99. The molecule has 2 nitrogen and oxygen atoms in total. The number of anilines is 1. The number of hydrogen-bond acceptors (Lipinski definition) is 2. The van der Waals surface area contributed by atoms with Crippen LogP contribution in [0.1, 0.15) is 32.6 Å². The molecule has 2 unspecified atom stereocenters. The maximum absolute atomic E-state index is 5.87. The van der Waals surface area contributed by atoms with Crippen LogP contribution in [0.2, 0.25) is 5.02 Å². The van der Waals surface area contributed by atoms with Crippen molar-refractivity contribution in [2.75, 3.05) is 11.9 Å². The van der Waals surface area contributed by atoms with E-state index < -0.39 is 0 Å². The molecule has 1 aromatic carbocycles. The zero-order chi connectivity index (χ0) is 12.1. The van der Waals surface area contributed by atoms with Crippen LogP contribution >= 0.6 is 11.6 Å². The first-order valence-corrected chi connectivity index (χ1v) is 6.87. The molecule has 0 bridgehead atoms. The van der Waals surface area contributed by atoms with Crippen molar-refractivity contribution in [1.82, 2.24) is 5.32 Å². The first kappa shape index (κ1) is 12.7. The molecule has 1 aliphatic rings. The predicted molar refractivity (Wildman–Crippen MR) is 74.8 cm³/mol. The Hall–Kier alpha value is -0.730. The van der Waals surface area contributed by atoms with E-state index in [0.717, 1.165) is 10.7 Å². The van der Waals surface area contributed by atoms with Crippen molar-refractivity contribution in [3.8, 4) is 0 Å². The highest BCUT2D eigenvalue weighted by molar-refractivity contribution is 6.30. The second-order valence-electron chi connectivity index (χ2n) is 4.93. The van der Waals surface area contributed by atoms with E-state index in [1.165, 1.54) is 32.2 Å². The van der Waals surface area contributed by atoms with Gasteiger partial charge in [0.25, 0.3) is 0 Å². The van der Waals surface area contributed by atoms with Crippen LogP contribution in [0.3, 0.4) is 0 Å². The van der Waals surface area contributed by atoms with Gasteiger partial charge in [-0.2, -0.15) is 0 Å². The normalized spacial score (nSPS) is 22.1. The summed E-state index contributed by atoms with van der Waals surface area (Å²) in [6.07, 6.45) is 5.19. The van der Waals surface area contributed by atoms with E-state index in [1.54, 1.807) is 0 Å². The molecule has 1 aromatic rings. The fraction of sp³-hybridized carbons (Fsp3) is 0.571. The topological polar surface area (TPSA) is 24.1 Å². The van der Waals surface area contributed by atoms with Crippen molar-refractivity contribution in [1.29, 1.82) is 0 Å². The maximum atomic E-state index is 5.87. The average Bonchev–Trinajstić information content (AvgIpc) is 2.33. The van der Waals surface area contributed by atoms with E-state index >= 15 is 0 Å². The minimum Gasteiger partial charge on any atom is -0.383 e. The van der Waals surface area contributed by atoms with Gasteiger partial charge >= 0.3 is 0 Å². The fourth-order valence-electron chi connectivity index (χ4n) is 2.44. The van der Waals surface area contributed by atoms with Gasteiger partial charge in [-0.15, -0.1) is 0 Å². The van der Waals surface area contributed by atoms with Gasteiger partial charge in [0, 0.05) is 22.8 Å². The van der Waals surface area contributed by atoms with Crippen LogP contribution in [-0.4, -0.2) is 18.6 Å². The zero-order valence-corrected chi connectivity index (χ0v) is 11.1. The Balaban J connectivity index is 1.79. The van der Waals surface area contributed by atoms with Gasteiger partial charge in [0.05, 0.1) is 0 Å². The summed E-state index contributed by atoms with van der Waals surface area (Å²) in [7, 11) is 0. The SMILES string of the molecule is CC(CC1CCCCN1)Nc1ccc(Cl)cc1. The lowest BCUT2D eigenvalue weighted by molar-refractivity contribution is 0.371. The fourth-order valence-corrected chi connectivity index (χ4v) is 2.57. The van der Waals surface area contributed by atoms with Crippen molar-refractivity contribution in [3.05, 3.63) is 29.3 Å². The Morgan fingerprint density at radius 3 is 2.76 bits per heavy atom. The molecule has 2 rings (SSSR count). The summed E-state index contributed by atoms with van der Waals surface area (Å²) in [5.74, 6) is 0. The highest BCUT2D eigenvalue weighted by Gasteiger charge is 2.15. The van der Waals surface area contributed by atoms with Gasteiger partial charge in [-0.05, 0) is 57.0 Å². The quantitative estimate of drug-likeness (QED) is 0.854. The molecule has 3 heteroatoms. The highest BCUT2D eigenvalue weighted by atomic mass is 35.5. The molecule has 2 atom stereocenters. The minimum absolute atomic E-state index is 0.492. The summed E-state index contributed by atoms with van der Waals surface area (Å²) >= 11 is 5.87. The summed E-state index contributed by atoms with van der Waals surface area (Å²) in [4.78, 5) is 0. The van der Waals surface area contributed by atoms with Gasteiger partial charge in [-0.25, -0.2) is 0 Å². The third-order valence-electron chi connectivity index (χ3n) is 3.31. The van der Waals surface area contributed by atoms with Gasteiger partial charge in [-0.1, -0.05) is 18.0 Å². The van der Waals surface area contributed by atoms with Gasteiger partial charge in [0.2, 0.25) is 0 Å². The number of halogens is 1. The molecule has 0 aliphatic carbocycles. The van der Waals surface area contributed by atoms with Crippen LogP contribution in [0.25, 0.3) is 0 Å². The molecule has 0 spiro atoms. The largest absolute Gasteiger partial charge is 0.383 e. The van der Waals surface area contributed by atoms with Gasteiger partial charge in [0.15, 0.2) is 0 Å². The van der Waals surface area contributed by atoms with E-state index in [9.17, 15) is 0 Å². The van der Waals surface area contributed by atoms with Crippen LogP contribution in [0.15, 0.2) is 24.3 Å². The van der Waals surface area contributed by atoms with Crippen molar-refractivity contribution >= 4 is 17.3 Å². The summed E-state index contributed by atoms with van der Waals surface area (Å²) < 4.78 is 0. The number of rotatable bonds is 4. The van der Waals surface area contributed by atoms with Crippen molar-refractivity contribution < 1.29 is 0 Å². The Kier molecular flexibility index (Phi) is 4.69. The van der Waals surface area contributed by atoms with E-state index in [0.29, 0.717) is 12.1 Å². The van der Waals surface area contributed by atoms with Crippen LogP contribution in [0.5, 0.6) is 0 Å². The molecule has 94 valence electrons. The second-order valence-corrected chi connectivity index (χ2v) is 5.37. The lowest BCUT2D eigenvalue weighted by Crippen LogP contribution is -2.37. The first-order valence-electron chi connectivity index (χ1n) is 6.49. The van der Waals surface area contributed by atoms with Crippen LogP contribution in [0, 0.1) is 0 Å². The number of hydrogen-bond donors (Lipinski definition) is 2. The molecule has 1 aliphatic heterocycles. The van der Waals surface area contributed by atoms with Gasteiger partial charge < -0.3 is 10.6 Å². The van der Waals surface area contributed by atoms with Gasteiger partial charge in [-0.3, -0.25) is 0 Å². The highest BCUT2D eigenvalue weighted by Crippen LogP contribution is 2.17. The van der Waals surface area contributed by atoms with Crippen LogP contribution < -0.4 is 10.6 Å². The molecule has 1 heterocycles. The van der Waals surface area contributed by atoms with Crippen LogP contribution in [0.4, 0.5) is 5.69 Å². The first-order chi connectivity index (χ1) is 8.24. The molecule has 1 fully saturated rings. The van der Waals surface area contributed by atoms with Crippen molar-refractivity contribution in [2.45, 2.75) is 44.7 Å². The number of benzene rings is 1. The average molecular weight is 253 g/mol. The van der Waals surface area contributed by atoms with Crippen molar-refractivity contribution in [3.63, 3.8) is 0 Å².